The van der Waals surface area contributed by atoms with E-state index in [1.54, 1.807) is 12.2 Å². The molecule has 0 aliphatic carbocycles. The minimum Gasteiger partial charge on any atom is -0.392 e. The van der Waals surface area contributed by atoms with Crippen LogP contribution in [0.5, 0.6) is 0 Å². The fourth-order valence-electron chi connectivity index (χ4n) is 1.51. The smallest absolute Gasteiger partial charge is 0.0615 e. The normalized spacial score (nSPS) is 10.5. The highest BCUT2D eigenvalue weighted by atomic mass is 16.3. The lowest BCUT2D eigenvalue weighted by Crippen LogP contribution is -1.72. The van der Waals surface area contributed by atoms with Crippen LogP contribution >= 0.6 is 0 Å². The fraction of sp³-hybridized carbons (Fsp3) is 0.111. The zero-order valence-electron chi connectivity index (χ0n) is 11.4. The van der Waals surface area contributed by atoms with E-state index < -0.39 is 0 Å². The van der Waals surface area contributed by atoms with Crippen molar-refractivity contribution in [2.45, 2.75) is 0 Å². The molecule has 2 aromatic rings. The lowest BCUT2D eigenvalue weighted by atomic mass is 10.2. The van der Waals surface area contributed by atoms with Crippen LogP contribution in [-0.2, 0) is 0 Å². The van der Waals surface area contributed by atoms with Crippen LogP contribution in [0.2, 0.25) is 0 Å². The Kier molecular flexibility index (Phi) is 8.53. The number of hydrogen-bond donors (Lipinski definition) is 2. The van der Waals surface area contributed by atoms with Gasteiger partial charge < -0.3 is 10.2 Å². The van der Waals surface area contributed by atoms with Gasteiger partial charge in [0.25, 0.3) is 0 Å². The van der Waals surface area contributed by atoms with Crippen LogP contribution in [0, 0.1) is 0 Å². The maximum absolute atomic E-state index is 8.44. The fourth-order valence-corrected chi connectivity index (χ4v) is 1.51. The first-order chi connectivity index (χ1) is 9.86. The first-order valence-corrected chi connectivity index (χ1v) is 6.51. The molecule has 0 spiro atoms. The van der Waals surface area contributed by atoms with Crippen LogP contribution in [0.15, 0.2) is 72.8 Å². The SMILES string of the molecule is OCC=Cc1ccccc1.OCC=Cc1ccccc1. The molecule has 0 saturated carbocycles. The quantitative estimate of drug-likeness (QED) is 0.892. The van der Waals surface area contributed by atoms with Gasteiger partial charge in [-0.15, -0.1) is 0 Å². The summed E-state index contributed by atoms with van der Waals surface area (Å²) in [7, 11) is 0. The van der Waals surface area contributed by atoms with Gasteiger partial charge in [-0.3, -0.25) is 0 Å². The van der Waals surface area contributed by atoms with Crippen LogP contribution in [0.3, 0.4) is 0 Å². The van der Waals surface area contributed by atoms with Crippen molar-refractivity contribution >= 4 is 12.2 Å². The molecule has 0 aromatic heterocycles. The Morgan fingerprint density at radius 3 is 1.25 bits per heavy atom. The summed E-state index contributed by atoms with van der Waals surface area (Å²) in [6, 6.07) is 19.8. The van der Waals surface area contributed by atoms with Crippen molar-refractivity contribution < 1.29 is 10.2 Å². The van der Waals surface area contributed by atoms with Crippen molar-refractivity contribution in [2.75, 3.05) is 13.2 Å². The Morgan fingerprint density at radius 1 is 0.600 bits per heavy atom. The summed E-state index contributed by atoms with van der Waals surface area (Å²) < 4.78 is 0. The van der Waals surface area contributed by atoms with E-state index in [-0.39, 0.29) is 13.2 Å². The number of benzene rings is 2. The summed E-state index contributed by atoms with van der Waals surface area (Å²) >= 11 is 0. The topological polar surface area (TPSA) is 40.5 Å². The van der Waals surface area contributed by atoms with E-state index in [0.29, 0.717) is 0 Å². The van der Waals surface area contributed by atoms with Gasteiger partial charge in [0.2, 0.25) is 0 Å². The molecule has 20 heavy (non-hydrogen) atoms. The number of aliphatic hydroxyl groups is 2. The molecule has 0 heterocycles. The Balaban J connectivity index is 0.000000200. The Labute approximate surface area is 120 Å². The highest BCUT2D eigenvalue weighted by Gasteiger charge is 1.80. The molecule has 0 atom stereocenters. The third kappa shape index (κ3) is 7.31. The number of rotatable bonds is 4. The Morgan fingerprint density at radius 2 is 0.950 bits per heavy atom. The summed E-state index contributed by atoms with van der Waals surface area (Å²) in [6.45, 7) is 0.212. The molecule has 2 heteroatoms. The summed E-state index contributed by atoms with van der Waals surface area (Å²) in [6.07, 6.45) is 7.21. The lowest BCUT2D eigenvalue weighted by molar-refractivity contribution is 0.343. The van der Waals surface area contributed by atoms with E-state index in [9.17, 15) is 0 Å². The van der Waals surface area contributed by atoms with Crippen LogP contribution in [0.4, 0.5) is 0 Å². The van der Waals surface area contributed by atoms with Gasteiger partial charge >= 0.3 is 0 Å². The van der Waals surface area contributed by atoms with Gasteiger partial charge in [-0.1, -0.05) is 85.0 Å². The molecule has 2 N–H and O–H groups in total. The molecule has 0 radical (unpaired) electrons. The molecule has 0 bridgehead atoms. The molecule has 0 saturated heterocycles. The molecular weight excluding hydrogens is 248 g/mol. The van der Waals surface area contributed by atoms with E-state index in [2.05, 4.69) is 0 Å². The van der Waals surface area contributed by atoms with Gasteiger partial charge in [0.1, 0.15) is 0 Å². The van der Waals surface area contributed by atoms with Crippen molar-refractivity contribution in [2.24, 2.45) is 0 Å². The van der Waals surface area contributed by atoms with E-state index in [0.717, 1.165) is 11.1 Å². The number of aliphatic hydroxyl groups excluding tert-OH is 2. The largest absolute Gasteiger partial charge is 0.392 e. The monoisotopic (exact) mass is 268 g/mol. The van der Waals surface area contributed by atoms with Crippen molar-refractivity contribution in [1.82, 2.24) is 0 Å². The maximum atomic E-state index is 8.44. The number of hydrogen-bond acceptors (Lipinski definition) is 2. The Bertz CT molecular complexity index is 452. The second-order valence-electron chi connectivity index (χ2n) is 3.99. The summed E-state index contributed by atoms with van der Waals surface area (Å²) in [5.74, 6) is 0. The van der Waals surface area contributed by atoms with Gasteiger partial charge in [-0.2, -0.15) is 0 Å². The Hall–Kier alpha value is -2.16. The predicted molar refractivity (Wildman–Crippen MR) is 85.1 cm³/mol. The minimum absolute atomic E-state index is 0.106. The zero-order valence-corrected chi connectivity index (χ0v) is 11.4. The minimum atomic E-state index is 0.106. The average molecular weight is 268 g/mol. The van der Waals surface area contributed by atoms with Gasteiger partial charge in [0.15, 0.2) is 0 Å². The summed E-state index contributed by atoms with van der Waals surface area (Å²) in [4.78, 5) is 0. The molecule has 2 nitrogen and oxygen atoms in total. The molecule has 0 unspecified atom stereocenters. The van der Waals surface area contributed by atoms with E-state index in [4.69, 9.17) is 10.2 Å². The maximum Gasteiger partial charge on any atom is 0.0615 e. The van der Waals surface area contributed by atoms with Gasteiger partial charge in [0, 0.05) is 0 Å². The lowest BCUT2D eigenvalue weighted by Gasteiger charge is -1.88. The molecule has 0 amide bonds. The first kappa shape index (κ1) is 15.9. The van der Waals surface area contributed by atoms with Gasteiger partial charge in [0.05, 0.1) is 13.2 Å². The van der Waals surface area contributed by atoms with Crippen molar-refractivity contribution in [3.05, 3.63) is 83.9 Å². The second kappa shape index (κ2) is 10.7. The molecule has 2 rings (SSSR count). The molecule has 104 valence electrons. The molecule has 0 fully saturated rings. The highest BCUT2D eigenvalue weighted by Crippen LogP contribution is 2.00. The third-order valence-corrected chi connectivity index (χ3v) is 2.43. The van der Waals surface area contributed by atoms with Crippen LogP contribution in [-0.4, -0.2) is 23.4 Å². The van der Waals surface area contributed by atoms with Gasteiger partial charge in [-0.05, 0) is 11.1 Å². The first-order valence-electron chi connectivity index (χ1n) is 6.51. The summed E-state index contributed by atoms with van der Waals surface area (Å²) in [5, 5.41) is 16.9. The predicted octanol–water partition coefficient (Wildman–Crippen LogP) is 3.38. The van der Waals surface area contributed by atoms with Gasteiger partial charge in [-0.25, -0.2) is 0 Å². The van der Waals surface area contributed by atoms with Crippen molar-refractivity contribution in [1.29, 1.82) is 0 Å². The van der Waals surface area contributed by atoms with E-state index >= 15 is 0 Å². The van der Waals surface area contributed by atoms with E-state index in [1.807, 2.05) is 72.8 Å². The second-order valence-corrected chi connectivity index (χ2v) is 3.99. The standard InChI is InChI=1S/2C9H10O/c2*10-8-4-7-9-5-2-1-3-6-9/h2*1-7,10H,8H2. The molecule has 0 aliphatic rings. The van der Waals surface area contributed by atoms with Crippen LogP contribution in [0.25, 0.3) is 12.2 Å². The van der Waals surface area contributed by atoms with Crippen molar-refractivity contribution in [3.63, 3.8) is 0 Å². The zero-order chi connectivity index (χ0) is 14.5. The molecule has 0 aliphatic heterocycles. The molecular formula is C18H20O2. The van der Waals surface area contributed by atoms with Crippen LogP contribution < -0.4 is 0 Å². The molecule has 2 aromatic carbocycles. The average Bonchev–Trinajstić information content (AvgIpc) is 2.53. The van der Waals surface area contributed by atoms with E-state index in [1.165, 1.54) is 0 Å². The van der Waals surface area contributed by atoms with Crippen molar-refractivity contribution in [3.8, 4) is 0 Å². The summed E-state index contributed by atoms with van der Waals surface area (Å²) in [5.41, 5.74) is 2.24. The highest BCUT2D eigenvalue weighted by molar-refractivity contribution is 5.49. The van der Waals surface area contributed by atoms with Crippen LogP contribution in [0.1, 0.15) is 11.1 Å². The third-order valence-electron chi connectivity index (χ3n) is 2.43.